The number of benzene rings is 2. The highest BCUT2D eigenvalue weighted by molar-refractivity contribution is 5.94. The van der Waals surface area contributed by atoms with Gasteiger partial charge in [-0.25, -0.2) is 5.10 Å². The lowest BCUT2D eigenvalue weighted by atomic mass is 10.1. The molecule has 0 unspecified atom stereocenters. The second-order valence-electron chi connectivity index (χ2n) is 6.12. The molecular weight excluding hydrogens is 360 g/mol. The second kappa shape index (κ2) is 8.26. The number of hydrogen-bond donors (Lipinski definition) is 2. The van der Waals surface area contributed by atoms with Crippen LogP contribution in [0.25, 0.3) is 16.8 Å². The molecule has 1 heterocycles. The van der Waals surface area contributed by atoms with Gasteiger partial charge in [-0.05, 0) is 29.8 Å². The molecule has 1 amide bonds. The van der Waals surface area contributed by atoms with Crippen LogP contribution in [-0.4, -0.2) is 21.0 Å². The van der Waals surface area contributed by atoms with Crippen LogP contribution in [0.15, 0.2) is 53.3 Å². The molecule has 2 aromatic carbocycles. The highest BCUT2D eigenvalue weighted by Gasteiger charge is 2.08. The fraction of sp³-hybridized carbons (Fsp3) is 0.150. The zero-order chi connectivity index (χ0) is 20.1. The molecule has 2 N–H and O–H groups in total. The van der Waals surface area contributed by atoms with Crippen molar-refractivity contribution >= 4 is 34.1 Å². The number of nitro groups is 1. The number of allylic oxidation sites excluding steroid dienone is 1. The standard InChI is InChI=1S/C20H18N4O4/c1-2-19(25)21-14-8-11-16-17(12-14)20(26)23-22-18(16)5-3-4-13-6-9-15(10-7-13)24(27)28/h3-4,6-12H,2,5H2,1H3,(H,21,25)(H,23,26). The van der Waals surface area contributed by atoms with Gasteiger partial charge in [-0.15, -0.1) is 0 Å². The lowest BCUT2D eigenvalue weighted by Gasteiger charge is -2.07. The Kier molecular flexibility index (Phi) is 5.59. The minimum absolute atomic E-state index is 0.0383. The SMILES string of the molecule is CCC(=O)Nc1ccc2c(CC=Cc3ccc([N+](=O)[O-])cc3)n[nH]c(=O)c2c1. The number of nitrogens with one attached hydrogen (secondary N) is 2. The molecule has 0 saturated carbocycles. The Morgan fingerprint density at radius 3 is 2.64 bits per heavy atom. The average molecular weight is 378 g/mol. The number of hydrogen-bond acceptors (Lipinski definition) is 5. The fourth-order valence-corrected chi connectivity index (χ4v) is 2.72. The Morgan fingerprint density at radius 1 is 1.21 bits per heavy atom. The Hall–Kier alpha value is -3.81. The third-order valence-electron chi connectivity index (χ3n) is 4.20. The van der Waals surface area contributed by atoms with E-state index in [1.165, 1.54) is 12.1 Å². The normalized spacial score (nSPS) is 11.0. The number of anilines is 1. The first kappa shape index (κ1) is 19.0. The van der Waals surface area contributed by atoms with Gasteiger partial charge >= 0.3 is 0 Å². The van der Waals surface area contributed by atoms with Crippen LogP contribution in [0.1, 0.15) is 24.6 Å². The van der Waals surface area contributed by atoms with Crippen molar-refractivity contribution in [3.05, 3.63) is 80.3 Å². The molecule has 28 heavy (non-hydrogen) atoms. The Morgan fingerprint density at radius 2 is 1.96 bits per heavy atom. The summed E-state index contributed by atoms with van der Waals surface area (Å²) in [6.07, 6.45) is 4.51. The number of aromatic nitrogens is 2. The summed E-state index contributed by atoms with van der Waals surface area (Å²) in [5.41, 5.74) is 1.77. The third-order valence-corrected chi connectivity index (χ3v) is 4.20. The molecule has 0 bridgehead atoms. The highest BCUT2D eigenvalue weighted by atomic mass is 16.6. The molecule has 1 aromatic heterocycles. The molecule has 142 valence electrons. The summed E-state index contributed by atoms with van der Waals surface area (Å²) in [5.74, 6) is -0.129. The van der Waals surface area contributed by atoms with Crippen molar-refractivity contribution in [2.45, 2.75) is 19.8 Å². The van der Waals surface area contributed by atoms with Crippen molar-refractivity contribution < 1.29 is 9.72 Å². The molecule has 0 spiro atoms. The zero-order valence-corrected chi connectivity index (χ0v) is 15.1. The van der Waals surface area contributed by atoms with E-state index >= 15 is 0 Å². The molecule has 0 aliphatic rings. The minimum Gasteiger partial charge on any atom is -0.326 e. The molecule has 0 fully saturated rings. The number of amides is 1. The van der Waals surface area contributed by atoms with Crippen LogP contribution in [0.4, 0.5) is 11.4 Å². The number of H-pyrrole nitrogens is 1. The van der Waals surface area contributed by atoms with Gasteiger partial charge in [0.05, 0.1) is 16.0 Å². The Bertz CT molecular complexity index is 1120. The van der Waals surface area contributed by atoms with Gasteiger partial charge in [0.15, 0.2) is 0 Å². The molecule has 3 rings (SSSR count). The smallest absolute Gasteiger partial charge is 0.272 e. The van der Waals surface area contributed by atoms with E-state index in [2.05, 4.69) is 15.5 Å². The van der Waals surface area contributed by atoms with Crippen LogP contribution in [0.3, 0.4) is 0 Å². The maximum atomic E-state index is 12.1. The van der Waals surface area contributed by atoms with E-state index < -0.39 is 4.92 Å². The van der Waals surface area contributed by atoms with Crippen LogP contribution < -0.4 is 10.9 Å². The minimum atomic E-state index is -0.443. The summed E-state index contributed by atoms with van der Waals surface area (Å²) < 4.78 is 0. The molecule has 0 radical (unpaired) electrons. The number of nitrogens with zero attached hydrogens (tertiary/aromatic N) is 2. The van der Waals surface area contributed by atoms with E-state index in [4.69, 9.17) is 0 Å². The number of aromatic amines is 1. The maximum absolute atomic E-state index is 12.1. The summed E-state index contributed by atoms with van der Waals surface area (Å²) in [6.45, 7) is 1.75. The predicted molar refractivity (Wildman–Crippen MR) is 107 cm³/mol. The number of fused-ring (bicyclic) bond motifs is 1. The van der Waals surface area contributed by atoms with Crippen molar-refractivity contribution in [2.75, 3.05) is 5.32 Å². The molecule has 0 saturated heterocycles. The van der Waals surface area contributed by atoms with Gasteiger partial charge in [0, 0.05) is 36.0 Å². The van der Waals surface area contributed by atoms with E-state index in [0.717, 1.165) is 5.56 Å². The molecule has 0 atom stereocenters. The Labute approximate surface area is 160 Å². The number of nitro benzene ring substituents is 1. The van der Waals surface area contributed by atoms with Crippen LogP contribution in [0.2, 0.25) is 0 Å². The van der Waals surface area contributed by atoms with Crippen LogP contribution in [-0.2, 0) is 11.2 Å². The largest absolute Gasteiger partial charge is 0.326 e. The molecule has 8 nitrogen and oxygen atoms in total. The first-order valence-corrected chi connectivity index (χ1v) is 8.70. The van der Waals surface area contributed by atoms with Crippen LogP contribution in [0, 0.1) is 10.1 Å². The number of carbonyl (C=O) groups is 1. The van der Waals surface area contributed by atoms with Gasteiger partial charge in [-0.3, -0.25) is 19.7 Å². The average Bonchev–Trinajstić information content (AvgIpc) is 2.70. The van der Waals surface area contributed by atoms with Gasteiger partial charge in [0.25, 0.3) is 11.2 Å². The van der Waals surface area contributed by atoms with Crippen LogP contribution >= 0.6 is 0 Å². The first-order valence-electron chi connectivity index (χ1n) is 8.70. The number of non-ortho nitro benzene ring substituents is 1. The highest BCUT2D eigenvalue weighted by Crippen LogP contribution is 2.19. The van der Waals surface area contributed by atoms with Gasteiger partial charge in [-0.2, -0.15) is 5.10 Å². The van der Waals surface area contributed by atoms with Gasteiger partial charge in [0.1, 0.15) is 0 Å². The van der Waals surface area contributed by atoms with Crippen molar-refractivity contribution in [1.82, 2.24) is 10.2 Å². The fourth-order valence-electron chi connectivity index (χ4n) is 2.72. The molecular formula is C20H18N4O4. The maximum Gasteiger partial charge on any atom is 0.272 e. The first-order chi connectivity index (χ1) is 13.5. The third kappa shape index (κ3) is 4.29. The van der Waals surface area contributed by atoms with Gasteiger partial charge in [0.2, 0.25) is 5.91 Å². The van der Waals surface area contributed by atoms with E-state index in [1.54, 1.807) is 37.3 Å². The monoisotopic (exact) mass is 378 g/mol. The summed E-state index contributed by atoms with van der Waals surface area (Å²) >= 11 is 0. The second-order valence-corrected chi connectivity index (χ2v) is 6.12. The van der Waals surface area contributed by atoms with E-state index in [0.29, 0.717) is 35.0 Å². The molecule has 8 heteroatoms. The quantitative estimate of drug-likeness (QED) is 0.503. The van der Waals surface area contributed by atoms with Crippen molar-refractivity contribution in [2.24, 2.45) is 0 Å². The summed E-state index contributed by atoms with van der Waals surface area (Å²) in [5, 5.41) is 21.2. The van der Waals surface area contributed by atoms with Gasteiger partial charge < -0.3 is 5.32 Å². The van der Waals surface area contributed by atoms with Crippen molar-refractivity contribution in [3.63, 3.8) is 0 Å². The van der Waals surface area contributed by atoms with Gasteiger partial charge in [-0.1, -0.05) is 25.1 Å². The van der Waals surface area contributed by atoms with E-state index in [1.807, 2.05) is 12.2 Å². The lowest BCUT2D eigenvalue weighted by Crippen LogP contribution is -2.13. The summed E-state index contributed by atoms with van der Waals surface area (Å²) in [4.78, 5) is 33.9. The molecule has 0 aliphatic heterocycles. The number of rotatable bonds is 6. The zero-order valence-electron chi connectivity index (χ0n) is 15.1. The molecule has 0 aliphatic carbocycles. The van der Waals surface area contributed by atoms with Crippen LogP contribution in [0.5, 0.6) is 0 Å². The van der Waals surface area contributed by atoms with Crippen molar-refractivity contribution in [1.29, 1.82) is 0 Å². The van der Waals surface area contributed by atoms with E-state index in [9.17, 15) is 19.7 Å². The summed E-state index contributed by atoms with van der Waals surface area (Å²) in [6, 6.07) is 11.3. The molecule has 3 aromatic rings. The van der Waals surface area contributed by atoms with Crippen molar-refractivity contribution in [3.8, 4) is 0 Å². The van der Waals surface area contributed by atoms with E-state index in [-0.39, 0.29) is 17.2 Å². The predicted octanol–water partition coefficient (Wildman–Crippen LogP) is 3.44. The summed E-state index contributed by atoms with van der Waals surface area (Å²) in [7, 11) is 0. The number of carbonyl (C=O) groups excluding carboxylic acids is 1. The Balaban J connectivity index is 1.83. The lowest BCUT2D eigenvalue weighted by molar-refractivity contribution is -0.384. The topological polar surface area (TPSA) is 118 Å².